The number of hydrogen-bond acceptors (Lipinski definition) is 4. The molecule has 35 heavy (non-hydrogen) atoms. The molecule has 0 unspecified atom stereocenters. The van der Waals surface area contributed by atoms with Crippen molar-refractivity contribution in [2.24, 2.45) is 5.41 Å². The van der Waals surface area contributed by atoms with Gasteiger partial charge in [0.05, 0.1) is 35.8 Å². The van der Waals surface area contributed by atoms with Gasteiger partial charge in [0, 0.05) is 19.5 Å². The van der Waals surface area contributed by atoms with Crippen LogP contribution in [-0.4, -0.2) is 40.1 Å². The Balaban J connectivity index is 1.49. The van der Waals surface area contributed by atoms with Crippen molar-refractivity contribution < 1.29 is 14.3 Å². The highest BCUT2D eigenvalue weighted by molar-refractivity contribution is 6.00. The normalized spacial score (nSPS) is 18.9. The molecule has 0 bridgehead atoms. The molecule has 7 nitrogen and oxygen atoms in total. The Labute approximate surface area is 206 Å². The molecule has 1 N–H and O–H groups in total. The van der Waals surface area contributed by atoms with Crippen molar-refractivity contribution in [2.75, 3.05) is 13.7 Å². The van der Waals surface area contributed by atoms with Crippen LogP contribution in [0.15, 0.2) is 54.6 Å². The molecule has 0 saturated carbocycles. The monoisotopic (exact) mass is 472 g/mol. The lowest BCUT2D eigenvalue weighted by Gasteiger charge is -2.30. The van der Waals surface area contributed by atoms with Crippen LogP contribution in [0.4, 0.5) is 4.79 Å². The van der Waals surface area contributed by atoms with Crippen molar-refractivity contribution in [3.05, 3.63) is 77.1 Å². The standard InChI is InChI=1S/C28H32N4O3/c1-28(2)16-23-25(24(33)17-28)26(30-32(23)20-11-13-21(35-3)14-12-20)22-10-7-15-31(22)27(34)29-18-19-8-5-4-6-9-19/h4-6,8-9,11-14,22H,7,10,15-18H2,1-3H3,(H,29,34)/t22-/m0/s1. The quantitative estimate of drug-likeness (QED) is 0.562. The van der Waals surface area contributed by atoms with Crippen LogP contribution in [0.1, 0.15) is 66.5 Å². The molecule has 1 aromatic heterocycles. The zero-order valence-electron chi connectivity index (χ0n) is 20.6. The third-order valence-corrected chi connectivity index (χ3v) is 7.00. The number of ether oxygens (including phenoxy) is 1. The molecule has 2 heterocycles. The number of amides is 2. The van der Waals surface area contributed by atoms with Crippen LogP contribution < -0.4 is 10.1 Å². The first kappa shape index (κ1) is 23.1. The van der Waals surface area contributed by atoms with Crippen LogP contribution >= 0.6 is 0 Å². The number of fused-ring (bicyclic) bond motifs is 1. The molecule has 1 saturated heterocycles. The van der Waals surface area contributed by atoms with Crippen LogP contribution in [0.25, 0.3) is 5.69 Å². The molecule has 3 aromatic rings. The van der Waals surface area contributed by atoms with Gasteiger partial charge in [-0.1, -0.05) is 44.2 Å². The van der Waals surface area contributed by atoms with Crippen LogP contribution in [0.3, 0.4) is 0 Å². The highest BCUT2D eigenvalue weighted by Crippen LogP contribution is 2.42. The van der Waals surface area contributed by atoms with Crippen molar-refractivity contribution in [1.82, 2.24) is 20.0 Å². The molecule has 2 amide bonds. The molecule has 7 heteroatoms. The Bertz CT molecular complexity index is 1230. The molecule has 1 atom stereocenters. The summed E-state index contributed by atoms with van der Waals surface area (Å²) in [6, 6.07) is 17.3. The second-order valence-electron chi connectivity index (χ2n) is 10.3. The summed E-state index contributed by atoms with van der Waals surface area (Å²) >= 11 is 0. The van der Waals surface area contributed by atoms with Gasteiger partial charge in [-0.05, 0) is 54.5 Å². The van der Waals surface area contributed by atoms with Crippen molar-refractivity contribution in [3.63, 3.8) is 0 Å². The fraction of sp³-hybridized carbons (Fsp3) is 0.393. The van der Waals surface area contributed by atoms with Gasteiger partial charge in [-0.2, -0.15) is 5.10 Å². The van der Waals surface area contributed by atoms with Gasteiger partial charge in [-0.15, -0.1) is 0 Å². The number of benzene rings is 2. The van der Waals surface area contributed by atoms with E-state index in [-0.39, 0.29) is 23.3 Å². The minimum Gasteiger partial charge on any atom is -0.497 e. The summed E-state index contributed by atoms with van der Waals surface area (Å²) in [7, 11) is 1.64. The number of rotatable bonds is 5. The minimum absolute atomic E-state index is 0.113. The second kappa shape index (κ2) is 9.21. The third-order valence-electron chi connectivity index (χ3n) is 7.00. The summed E-state index contributed by atoms with van der Waals surface area (Å²) in [6.07, 6.45) is 2.91. The molecule has 1 aliphatic heterocycles. The predicted molar refractivity (Wildman–Crippen MR) is 134 cm³/mol. The maximum atomic E-state index is 13.4. The van der Waals surface area contributed by atoms with Gasteiger partial charge in [-0.3, -0.25) is 4.79 Å². The van der Waals surface area contributed by atoms with E-state index in [1.54, 1.807) is 7.11 Å². The first-order valence-corrected chi connectivity index (χ1v) is 12.2. The van der Waals surface area contributed by atoms with Gasteiger partial charge in [-0.25, -0.2) is 9.48 Å². The summed E-state index contributed by atoms with van der Waals surface area (Å²) < 4.78 is 7.22. The zero-order chi connectivity index (χ0) is 24.6. The van der Waals surface area contributed by atoms with E-state index in [4.69, 9.17) is 9.84 Å². The zero-order valence-corrected chi connectivity index (χ0v) is 20.6. The topological polar surface area (TPSA) is 76.5 Å². The van der Waals surface area contributed by atoms with Gasteiger partial charge in [0.1, 0.15) is 5.75 Å². The van der Waals surface area contributed by atoms with Crippen LogP contribution in [0.2, 0.25) is 0 Å². The van der Waals surface area contributed by atoms with E-state index >= 15 is 0 Å². The largest absolute Gasteiger partial charge is 0.497 e. The van der Waals surface area contributed by atoms with Gasteiger partial charge >= 0.3 is 6.03 Å². The van der Waals surface area contributed by atoms with E-state index in [2.05, 4.69) is 19.2 Å². The molecular formula is C28H32N4O3. The summed E-state index contributed by atoms with van der Waals surface area (Å²) in [4.78, 5) is 28.4. The van der Waals surface area contributed by atoms with E-state index < -0.39 is 0 Å². The Morgan fingerprint density at radius 3 is 2.57 bits per heavy atom. The summed E-state index contributed by atoms with van der Waals surface area (Å²) in [5.74, 6) is 0.881. The highest BCUT2D eigenvalue weighted by atomic mass is 16.5. The van der Waals surface area contributed by atoms with Crippen molar-refractivity contribution in [2.45, 2.75) is 52.1 Å². The molecule has 5 rings (SSSR count). The Morgan fingerprint density at radius 2 is 1.86 bits per heavy atom. The van der Waals surface area contributed by atoms with Crippen molar-refractivity contribution in [1.29, 1.82) is 0 Å². The lowest BCUT2D eigenvalue weighted by molar-refractivity contribution is 0.0907. The third kappa shape index (κ3) is 4.55. The molecule has 1 aliphatic carbocycles. The minimum atomic E-state index is -0.218. The first-order valence-electron chi connectivity index (χ1n) is 12.2. The Morgan fingerprint density at radius 1 is 1.11 bits per heavy atom. The molecule has 0 radical (unpaired) electrons. The molecule has 2 aromatic carbocycles. The average Bonchev–Trinajstić information content (AvgIpc) is 3.47. The fourth-order valence-corrected chi connectivity index (χ4v) is 5.32. The number of nitrogens with one attached hydrogen (secondary N) is 1. The molecule has 0 spiro atoms. The number of nitrogens with zero attached hydrogens (tertiary/aromatic N) is 3. The predicted octanol–water partition coefficient (Wildman–Crippen LogP) is 5.08. The molecule has 182 valence electrons. The Hall–Kier alpha value is -3.61. The number of aromatic nitrogens is 2. The number of likely N-dealkylation sites (tertiary alicyclic amines) is 1. The highest BCUT2D eigenvalue weighted by Gasteiger charge is 2.41. The van der Waals surface area contributed by atoms with E-state index in [0.29, 0.717) is 25.1 Å². The van der Waals surface area contributed by atoms with Crippen LogP contribution in [0, 0.1) is 5.41 Å². The van der Waals surface area contributed by atoms with E-state index in [1.807, 2.05) is 64.2 Å². The number of carbonyl (C=O) groups excluding carboxylic acids is 2. The smallest absolute Gasteiger partial charge is 0.318 e. The van der Waals surface area contributed by atoms with E-state index in [9.17, 15) is 9.59 Å². The number of hydrogen-bond donors (Lipinski definition) is 1. The molecule has 1 fully saturated rings. The van der Waals surface area contributed by atoms with Crippen LogP contribution in [0.5, 0.6) is 5.75 Å². The SMILES string of the molecule is COc1ccc(-n2nc([C@@H]3CCCN3C(=O)NCc3ccccc3)c3c2CC(C)(C)CC3=O)cc1. The molecule has 2 aliphatic rings. The van der Waals surface area contributed by atoms with Gasteiger partial charge < -0.3 is 15.0 Å². The van der Waals surface area contributed by atoms with Crippen LogP contribution in [-0.2, 0) is 13.0 Å². The summed E-state index contributed by atoms with van der Waals surface area (Å²) in [5.41, 5.74) is 4.15. The lowest BCUT2D eigenvalue weighted by Crippen LogP contribution is -2.39. The second-order valence-corrected chi connectivity index (χ2v) is 10.3. The number of Topliss-reactive ketones (excluding diaryl/α,β-unsaturated/α-hetero) is 1. The maximum Gasteiger partial charge on any atom is 0.318 e. The summed E-state index contributed by atoms with van der Waals surface area (Å²) in [5, 5.41) is 8.05. The van der Waals surface area contributed by atoms with Gasteiger partial charge in [0.15, 0.2) is 5.78 Å². The van der Waals surface area contributed by atoms with Crippen molar-refractivity contribution in [3.8, 4) is 11.4 Å². The first-order chi connectivity index (χ1) is 16.9. The Kier molecular flexibility index (Phi) is 6.09. The van der Waals surface area contributed by atoms with Gasteiger partial charge in [0.25, 0.3) is 0 Å². The molecular weight excluding hydrogens is 440 g/mol. The fourth-order valence-electron chi connectivity index (χ4n) is 5.32. The number of methoxy groups -OCH3 is 1. The lowest BCUT2D eigenvalue weighted by atomic mass is 9.75. The maximum absolute atomic E-state index is 13.4. The van der Waals surface area contributed by atoms with E-state index in [0.717, 1.165) is 47.7 Å². The number of urea groups is 1. The average molecular weight is 473 g/mol. The summed E-state index contributed by atoms with van der Waals surface area (Å²) in [6.45, 7) is 5.36. The number of carbonyl (C=O) groups is 2. The number of ketones is 1. The van der Waals surface area contributed by atoms with Crippen molar-refractivity contribution >= 4 is 11.8 Å². The van der Waals surface area contributed by atoms with E-state index in [1.165, 1.54) is 0 Å². The van der Waals surface area contributed by atoms with Gasteiger partial charge in [0.2, 0.25) is 0 Å².